The first kappa shape index (κ1) is 15.4. The Morgan fingerprint density at radius 2 is 1.91 bits per heavy atom. The van der Waals surface area contributed by atoms with Crippen molar-refractivity contribution in [3.05, 3.63) is 53.6 Å². The third-order valence-electron chi connectivity index (χ3n) is 3.01. The highest BCUT2D eigenvalue weighted by Crippen LogP contribution is 2.23. The van der Waals surface area contributed by atoms with Crippen LogP contribution in [0, 0.1) is 5.82 Å². The van der Waals surface area contributed by atoms with Crippen LogP contribution in [0.1, 0.15) is 21.0 Å². The first-order chi connectivity index (χ1) is 10.4. The number of amides is 1. The molecule has 114 valence electrons. The van der Waals surface area contributed by atoms with Crippen LogP contribution in [0.2, 0.25) is 0 Å². The number of carbonyl (C=O) groups excluding carboxylic acids is 1. The van der Waals surface area contributed by atoms with Crippen molar-refractivity contribution in [2.24, 2.45) is 0 Å². The van der Waals surface area contributed by atoms with Crippen LogP contribution in [0.5, 0.6) is 5.75 Å². The van der Waals surface area contributed by atoms with E-state index in [0.29, 0.717) is 5.69 Å². The van der Waals surface area contributed by atoms with E-state index in [0.717, 1.165) is 6.07 Å². The minimum absolute atomic E-state index is 0.0429. The molecule has 1 aromatic heterocycles. The second kappa shape index (κ2) is 6.21. The lowest BCUT2D eigenvalue weighted by Crippen LogP contribution is -2.27. The summed E-state index contributed by atoms with van der Waals surface area (Å²) in [5.41, 5.74) is 0.0182. The van der Waals surface area contributed by atoms with Crippen LogP contribution >= 0.6 is 0 Å². The number of carboxylic acids is 1. The Bertz CT molecular complexity index is 733. The summed E-state index contributed by atoms with van der Waals surface area (Å²) in [4.78, 5) is 28.1. The summed E-state index contributed by atoms with van der Waals surface area (Å²) in [6, 6.07) is 8.16. The number of ether oxygens (including phenoxy) is 1. The molecule has 2 aromatic rings. The average molecular weight is 304 g/mol. The van der Waals surface area contributed by atoms with Gasteiger partial charge in [0.1, 0.15) is 11.4 Å². The van der Waals surface area contributed by atoms with Gasteiger partial charge in [0.15, 0.2) is 11.6 Å². The summed E-state index contributed by atoms with van der Waals surface area (Å²) in [6.07, 6.45) is 0. The Balaban J connectivity index is 2.31. The predicted molar refractivity (Wildman–Crippen MR) is 76.9 cm³/mol. The number of aromatic nitrogens is 1. The van der Waals surface area contributed by atoms with Crippen molar-refractivity contribution in [1.82, 2.24) is 4.98 Å². The largest absolute Gasteiger partial charge is 0.494 e. The highest BCUT2D eigenvalue weighted by molar-refractivity contribution is 6.04. The fraction of sp³-hybridized carbons (Fsp3) is 0.133. The number of rotatable bonds is 4. The van der Waals surface area contributed by atoms with Gasteiger partial charge in [-0.15, -0.1) is 0 Å². The molecule has 1 N–H and O–H groups in total. The lowest BCUT2D eigenvalue weighted by molar-refractivity contribution is 0.0690. The van der Waals surface area contributed by atoms with Crippen LogP contribution in [0.3, 0.4) is 0 Å². The van der Waals surface area contributed by atoms with Gasteiger partial charge < -0.3 is 14.7 Å². The molecule has 0 aliphatic rings. The number of methoxy groups -OCH3 is 1. The molecule has 0 bridgehead atoms. The Labute approximate surface area is 125 Å². The number of hydrogen-bond donors (Lipinski definition) is 1. The number of aromatic carboxylic acids is 1. The average Bonchev–Trinajstić information content (AvgIpc) is 2.53. The van der Waals surface area contributed by atoms with E-state index in [1.807, 2.05) is 0 Å². The molecule has 0 saturated carbocycles. The van der Waals surface area contributed by atoms with E-state index >= 15 is 0 Å². The summed E-state index contributed by atoms with van der Waals surface area (Å²) in [7, 11) is 2.78. The van der Waals surface area contributed by atoms with Crippen LogP contribution in [-0.4, -0.2) is 36.1 Å². The zero-order chi connectivity index (χ0) is 16.3. The molecule has 0 unspecified atom stereocenters. The SMILES string of the molecule is COc1ccc(N(C)C(=O)c2cccc(C(=O)O)n2)cc1F. The molecular formula is C15H13FN2O4. The van der Waals surface area contributed by atoms with Gasteiger partial charge in [0.05, 0.1) is 7.11 Å². The molecule has 0 spiro atoms. The lowest BCUT2D eigenvalue weighted by atomic mass is 10.2. The van der Waals surface area contributed by atoms with Crippen LogP contribution in [0.15, 0.2) is 36.4 Å². The van der Waals surface area contributed by atoms with Gasteiger partial charge in [0.25, 0.3) is 5.91 Å². The minimum Gasteiger partial charge on any atom is -0.494 e. The molecule has 0 fully saturated rings. The van der Waals surface area contributed by atoms with Crippen molar-refractivity contribution in [2.75, 3.05) is 19.1 Å². The smallest absolute Gasteiger partial charge is 0.354 e. The van der Waals surface area contributed by atoms with Gasteiger partial charge in [-0.3, -0.25) is 4.79 Å². The zero-order valence-corrected chi connectivity index (χ0v) is 11.9. The molecule has 0 aliphatic carbocycles. The van der Waals surface area contributed by atoms with Gasteiger partial charge in [-0.05, 0) is 24.3 Å². The van der Waals surface area contributed by atoms with Gasteiger partial charge >= 0.3 is 5.97 Å². The zero-order valence-electron chi connectivity index (χ0n) is 11.9. The lowest BCUT2D eigenvalue weighted by Gasteiger charge is -2.17. The molecule has 0 atom stereocenters. The van der Waals surface area contributed by atoms with Gasteiger partial charge in [-0.25, -0.2) is 14.2 Å². The van der Waals surface area contributed by atoms with Crippen LogP contribution in [0.25, 0.3) is 0 Å². The Hall–Kier alpha value is -2.96. The standard InChI is InChI=1S/C15H13FN2O4/c1-18(9-6-7-13(22-2)10(16)8-9)14(19)11-4-3-5-12(17-11)15(20)21/h3-8H,1-2H3,(H,20,21). The maximum absolute atomic E-state index is 13.7. The monoisotopic (exact) mass is 304 g/mol. The van der Waals surface area contributed by atoms with Crippen molar-refractivity contribution in [3.63, 3.8) is 0 Å². The number of hydrogen-bond acceptors (Lipinski definition) is 4. The minimum atomic E-state index is -1.23. The second-order valence-corrected chi connectivity index (χ2v) is 4.40. The van der Waals surface area contributed by atoms with Gasteiger partial charge in [0, 0.05) is 18.8 Å². The molecule has 22 heavy (non-hydrogen) atoms. The summed E-state index contributed by atoms with van der Waals surface area (Å²) < 4.78 is 18.5. The van der Waals surface area contributed by atoms with E-state index in [4.69, 9.17) is 9.84 Å². The van der Waals surface area contributed by atoms with Crippen molar-refractivity contribution in [3.8, 4) is 5.75 Å². The number of benzene rings is 1. The third kappa shape index (κ3) is 3.03. The molecule has 0 aliphatic heterocycles. The number of carbonyl (C=O) groups is 2. The highest BCUT2D eigenvalue weighted by Gasteiger charge is 2.18. The number of pyridine rings is 1. The molecule has 0 radical (unpaired) electrons. The third-order valence-corrected chi connectivity index (χ3v) is 3.01. The summed E-state index contributed by atoms with van der Waals surface area (Å²) in [5.74, 6) is -2.32. The number of nitrogens with zero attached hydrogens (tertiary/aromatic N) is 2. The maximum Gasteiger partial charge on any atom is 0.354 e. The quantitative estimate of drug-likeness (QED) is 0.936. The van der Waals surface area contributed by atoms with Crippen molar-refractivity contribution >= 4 is 17.6 Å². The number of anilines is 1. The number of carboxylic acid groups (broad SMARTS) is 1. The van der Waals surface area contributed by atoms with Crippen molar-refractivity contribution < 1.29 is 23.8 Å². The second-order valence-electron chi connectivity index (χ2n) is 4.40. The summed E-state index contributed by atoms with van der Waals surface area (Å²) >= 11 is 0. The first-order valence-electron chi connectivity index (χ1n) is 6.26. The predicted octanol–water partition coefficient (Wildman–Crippen LogP) is 2.20. The Kier molecular flexibility index (Phi) is 4.36. The molecule has 1 aromatic carbocycles. The fourth-order valence-electron chi connectivity index (χ4n) is 1.83. The molecule has 1 heterocycles. The van der Waals surface area contributed by atoms with Crippen LogP contribution in [0.4, 0.5) is 10.1 Å². The molecule has 0 saturated heterocycles. The van der Waals surface area contributed by atoms with Crippen LogP contribution < -0.4 is 9.64 Å². The molecule has 6 nitrogen and oxygen atoms in total. The highest BCUT2D eigenvalue weighted by atomic mass is 19.1. The van der Waals surface area contributed by atoms with Crippen molar-refractivity contribution in [2.45, 2.75) is 0 Å². The van der Waals surface area contributed by atoms with Crippen molar-refractivity contribution in [1.29, 1.82) is 0 Å². The fourth-order valence-corrected chi connectivity index (χ4v) is 1.83. The Morgan fingerprint density at radius 1 is 1.23 bits per heavy atom. The van der Waals surface area contributed by atoms with Gasteiger partial charge in [-0.1, -0.05) is 6.07 Å². The topological polar surface area (TPSA) is 79.7 Å². The molecule has 1 amide bonds. The van der Waals surface area contributed by atoms with E-state index in [1.54, 1.807) is 0 Å². The summed E-state index contributed by atoms with van der Waals surface area (Å²) in [6.45, 7) is 0. The van der Waals surface area contributed by atoms with E-state index in [2.05, 4.69) is 4.98 Å². The normalized spacial score (nSPS) is 10.1. The summed E-state index contributed by atoms with van der Waals surface area (Å²) in [5, 5.41) is 8.89. The van der Waals surface area contributed by atoms with E-state index in [9.17, 15) is 14.0 Å². The maximum atomic E-state index is 13.7. The Morgan fingerprint density at radius 3 is 2.50 bits per heavy atom. The number of halogens is 1. The molecule has 2 rings (SSSR count). The van der Waals surface area contributed by atoms with Gasteiger partial charge in [-0.2, -0.15) is 0 Å². The first-order valence-corrected chi connectivity index (χ1v) is 6.26. The van der Waals surface area contributed by atoms with Gasteiger partial charge in [0.2, 0.25) is 0 Å². The van der Waals surface area contributed by atoms with E-state index in [-0.39, 0.29) is 17.1 Å². The molecule has 7 heteroatoms. The van der Waals surface area contributed by atoms with E-state index < -0.39 is 17.7 Å². The van der Waals surface area contributed by atoms with E-state index in [1.165, 1.54) is 49.4 Å². The molecular weight excluding hydrogens is 291 g/mol. The van der Waals surface area contributed by atoms with Crippen LogP contribution in [-0.2, 0) is 0 Å².